The van der Waals surface area contributed by atoms with Crippen molar-refractivity contribution >= 4 is 23.2 Å². The number of aromatic nitrogens is 2. The van der Waals surface area contributed by atoms with E-state index in [1.54, 1.807) is 24.3 Å². The van der Waals surface area contributed by atoms with E-state index in [-0.39, 0.29) is 11.8 Å². The molecule has 0 unspecified atom stereocenters. The molecule has 0 spiro atoms. The average Bonchev–Trinajstić information content (AvgIpc) is 2.95. The molecule has 6 nitrogen and oxygen atoms in total. The first kappa shape index (κ1) is 24.6. The second kappa shape index (κ2) is 10.9. The molecule has 6 heteroatoms. The molecule has 0 saturated heterocycles. The van der Waals surface area contributed by atoms with Gasteiger partial charge in [0.15, 0.2) is 24.8 Å². The minimum atomic E-state index is -0.235. The van der Waals surface area contributed by atoms with Gasteiger partial charge in [-0.05, 0) is 70.8 Å². The van der Waals surface area contributed by atoms with Crippen LogP contribution in [0, 0.1) is 0 Å². The molecule has 0 fully saturated rings. The van der Waals surface area contributed by atoms with E-state index in [0.29, 0.717) is 22.5 Å². The standard InChI is InChI=1S/C32H26N4O2/c1-35-19-15-25(16-20-35)23-7-11-29(12-8-23)33-31(37)27-3-5-28(6-4-27)32(38)34-30-13-9-24(10-14-30)26-17-21-36(2)22-18-26/h3-22H,1-2H3/p+2. The molecule has 2 heterocycles. The molecule has 0 saturated carbocycles. The number of carbonyl (C=O) groups is 2. The molecule has 5 aromatic rings. The van der Waals surface area contributed by atoms with E-state index in [0.717, 1.165) is 22.3 Å². The molecule has 2 aromatic heterocycles. The summed E-state index contributed by atoms with van der Waals surface area (Å²) in [5.74, 6) is -0.469. The Morgan fingerprint density at radius 2 is 0.737 bits per heavy atom. The molecule has 0 bridgehead atoms. The number of anilines is 2. The van der Waals surface area contributed by atoms with Gasteiger partial charge < -0.3 is 10.6 Å². The Bertz CT molecular complexity index is 1440. The number of benzene rings is 3. The number of nitrogens with zero attached hydrogens (tertiary/aromatic N) is 2. The molecule has 3 aromatic carbocycles. The summed E-state index contributed by atoms with van der Waals surface area (Å²) in [4.78, 5) is 25.5. The number of carbonyl (C=O) groups excluding carboxylic acids is 2. The highest BCUT2D eigenvalue weighted by molar-refractivity contribution is 6.07. The van der Waals surface area contributed by atoms with Crippen molar-refractivity contribution in [2.24, 2.45) is 14.1 Å². The maximum absolute atomic E-state index is 12.7. The van der Waals surface area contributed by atoms with Crippen molar-refractivity contribution < 1.29 is 18.7 Å². The predicted octanol–water partition coefficient (Wildman–Crippen LogP) is 5.17. The lowest BCUT2D eigenvalue weighted by Crippen LogP contribution is -2.25. The lowest BCUT2D eigenvalue weighted by atomic mass is 10.1. The first-order valence-corrected chi connectivity index (χ1v) is 12.3. The second-order valence-electron chi connectivity index (χ2n) is 9.14. The SMILES string of the molecule is C[n+]1ccc(-c2ccc(NC(=O)c3ccc(C(=O)Nc4ccc(-c5cc[n+](C)cc5)cc4)cc3)cc2)cc1. The van der Waals surface area contributed by atoms with Crippen molar-refractivity contribution in [2.75, 3.05) is 10.6 Å². The molecule has 2 amide bonds. The number of hydrogen-bond acceptors (Lipinski definition) is 2. The maximum atomic E-state index is 12.7. The largest absolute Gasteiger partial charge is 0.322 e. The van der Waals surface area contributed by atoms with E-state index >= 15 is 0 Å². The monoisotopic (exact) mass is 500 g/mol. The molecule has 2 N–H and O–H groups in total. The quantitative estimate of drug-likeness (QED) is 0.316. The van der Waals surface area contributed by atoms with Crippen LogP contribution >= 0.6 is 0 Å². The Hall–Kier alpha value is -5.10. The second-order valence-corrected chi connectivity index (χ2v) is 9.14. The normalized spacial score (nSPS) is 10.6. The number of hydrogen-bond donors (Lipinski definition) is 2. The maximum Gasteiger partial charge on any atom is 0.255 e. The molecule has 0 radical (unpaired) electrons. The third kappa shape index (κ3) is 5.82. The van der Waals surface area contributed by atoms with Crippen LogP contribution in [0.3, 0.4) is 0 Å². The molecule has 0 aliphatic rings. The van der Waals surface area contributed by atoms with Gasteiger partial charge in [0.25, 0.3) is 11.8 Å². The van der Waals surface area contributed by atoms with Gasteiger partial charge >= 0.3 is 0 Å². The van der Waals surface area contributed by atoms with Crippen molar-refractivity contribution in [3.63, 3.8) is 0 Å². The van der Waals surface area contributed by atoms with Crippen molar-refractivity contribution in [3.8, 4) is 22.3 Å². The van der Waals surface area contributed by atoms with Crippen LogP contribution in [-0.2, 0) is 14.1 Å². The summed E-state index contributed by atoms with van der Waals surface area (Å²) in [6, 6.07) is 30.2. The van der Waals surface area contributed by atoms with Crippen LogP contribution in [0.15, 0.2) is 122 Å². The van der Waals surface area contributed by atoms with Gasteiger partial charge in [-0.3, -0.25) is 9.59 Å². The number of amides is 2. The Kier molecular flexibility index (Phi) is 7.04. The summed E-state index contributed by atoms with van der Waals surface area (Å²) in [6.45, 7) is 0. The molecular formula is C32H28N4O2+2. The third-order valence-electron chi connectivity index (χ3n) is 6.32. The first-order chi connectivity index (χ1) is 18.4. The molecule has 38 heavy (non-hydrogen) atoms. The van der Waals surface area contributed by atoms with Gasteiger partial charge in [-0.25, -0.2) is 9.13 Å². The molecule has 186 valence electrons. The predicted molar refractivity (Wildman–Crippen MR) is 148 cm³/mol. The van der Waals surface area contributed by atoms with Gasteiger partial charge in [0.2, 0.25) is 0 Å². The lowest BCUT2D eigenvalue weighted by molar-refractivity contribution is -0.671. The summed E-state index contributed by atoms with van der Waals surface area (Å²) in [5.41, 5.74) is 6.71. The Morgan fingerprint density at radius 3 is 1.05 bits per heavy atom. The van der Waals surface area contributed by atoms with Crippen molar-refractivity contribution in [1.82, 2.24) is 0 Å². The third-order valence-corrected chi connectivity index (χ3v) is 6.32. The number of nitrogens with one attached hydrogen (secondary N) is 2. The fourth-order valence-corrected chi connectivity index (χ4v) is 4.06. The Balaban J connectivity index is 1.18. The Morgan fingerprint density at radius 1 is 0.447 bits per heavy atom. The van der Waals surface area contributed by atoms with Crippen molar-refractivity contribution in [2.45, 2.75) is 0 Å². The van der Waals surface area contributed by atoms with Crippen LogP contribution in [0.4, 0.5) is 11.4 Å². The lowest BCUT2D eigenvalue weighted by Gasteiger charge is -2.09. The van der Waals surface area contributed by atoms with Crippen LogP contribution in [0.2, 0.25) is 0 Å². The van der Waals surface area contributed by atoms with Gasteiger partial charge in [0.1, 0.15) is 14.1 Å². The van der Waals surface area contributed by atoms with Gasteiger partial charge in [-0.1, -0.05) is 24.3 Å². The molecular weight excluding hydrogens is 472 g/mol. The fourth-order valence-electron chi connectivity index (χ4n) is 4.06. The van der Waals surface area contributed by atoms with Gasteiger partial charge in [0, 0.05) is 46.8 Å². The van der Waals surface area contributed by atoms with Crippen LogP contribution in [0.1, 0.15) is 20.7 Å². The number of aryl methyl sites for hydroxylation is 2. The summed E-state index contributed by atoms with van der Waals surface area (Å²) in [7, 11) is 3.96. The molecule has 0 aliphatic carbocycles. The van der Waals surface area contributed by atoms with E-state index in [2.05, 4.69) is 10.6 Å². The first-order valence-electron chi connectivity index (χ1n) is 12.3. The minimum Gasteiger partial charge on any atom is -0.322 e. The zero-order chi connectivity index (χ0) is 26.5. The molecule has 5 rings (SSSR count). The van der Waals surface area contributed by atoms with Gasteiger partial charge in [-0.2, -0.15) is 0 Å². The summed E-state index contributed by atoms with van der Waals surface area (Å²) in [5, 5.41) is 5.82. The molecule has 0 atom stereocenters. The van der Waals surface area contributed by atoms with Gasteiger partial charge in [0.05, 0.1) is 0 Å². The van der Waals surface area contributed by atoms with E-state index in [4.69, 9.17) is 0 Å². The summed E-state index contributed by atoms with van der Waals surface area (Å²) >= 11 is 0. The highest BCUT2D eigenvalue weighted by Gasteiger charge is 2.11. The van der Waals surface area contributed by atoms with Crippen molar-refractivity contribution in [1.29, 1.82) is 0 Å². The van der Waals surface area contributed by atoms with Crippen LogP contribution in [0.25, 0.3) is 22.3 Å². The Labute approximate surface area is 221 Å². The van der Waals surface area contributed by atoms with E-state index in [9.17, 15) is 9.59 Å². The highest BCUT2D eigenvalue weighted by atomic mass is 16.2. The zero-order valence-corrected chi connectivity index (χ0v) is 21.3. The van der Waals surface area contributed by atoms with E-state index in [1.807, 2.05) is 121 Å². The van der Waals surface area contributed by atoms with Crippen molar-refractivity contribution in [3.05, 3.63) is 133 Å². The summed E-state index contributed by atoms with van der Waals surface area (Å²) in [6.07, 6.45) is 7.99. The minimum absolute atomic E-state index is 0.235. The highest BCUT2D eigenvalue weighted by Crippen LogP contribution is 2.22. The van der Waals surface area contributed by atoms with Crippen LogP contribution < -0.4 is 19.8 Å². The number of pyridine rings is 2. The molecule has 0 aliphatic heterocycles. The number of rotatable bonds is 6. The topological polar surface area (TPSA) is 66.0 Å². The van der Waals surface area contributed by atoms with Gasteiger partial charge in [-0.15, -0.1) is 0 Å². The fraction of sp³-hybridized carbons (Fsp3) is 0.0625. The van der Waals surface area contributed by atoms with E-state index < -0.39 is 0 Å². The van der Waals surface area contributed by atoms with E-state index in [1.165, 1.54) is 0 Å². The summed E-state index contributed by atoms with van der Waals surface area (Å²) < 4.78 is 3.96. The average molecular weight is 501 g/mol. The van der Waals surface area contributed by atoms with Crippen LogP contribution in [-0.4, -0.2) is 11.8 Å². The zero-order valence-electron chi connectivity index (χ0n) is 21.3. The van der Waals surface area contributed by atoms with Crippen LogP contribution in [0.5, 0.6) is 0 Å². The smallest absolute Gasteiger partial charge is 0.255 e.